The molecule has 2 atom stereocenters. The van der Waals surface area contributed by atoms with Crippen LogP contribution in [0.2, 0.25) is 0 Å². The number of hydrogen-bond acceptors (Lipinski definition) is 5. The third-order valence-electron chi connectivity index (χ3n) is 1.52. The third-order valence-corrected chi connectivity index (χ3v) is 2.55. The van der Waals surface area contributed by atoms with E-state index in [1.54, 1.807) is 22.6 Å². The topological polar surface area (TPSA) is 72.8 Å². The lowest BCUT2D eigenvalue weighted by Gasteiger charge is -2.23. The van der Waals surface area contributed by atoms with Crippen molar-refractivity contribution < 1.29 is 24.2 Å². The number of carbonyl (C=O) groups excluding carboxylic acids is 2. The minimum Gasteiger partial charge on any atom is -0.468 e. The molecule has 0 spiro atoms. The molecule has 0 aromatic heterocycles. The summed E-state index contributed by atoms with van der Waals surface area (Å²) >= 11 is 1.64. The summed E-state index contributed by atoms with van der Waals surface area (Å²) in [5.74, 6) is -1.53. The molecule has 5 nitrogen and oxygen atoms in total. The van der Waals surface area contributed by atoms with Gasteiger partial charge >= 0.3 is 11.9 Å². The van der Waals surface area contributed by atoms with Crippen molar-refractivity contribution in [3.63, 3.8) is 0 Å². The van der Waals surface area contributed by atoms with Crippen LogP contribution >= 0.6 is 22.6 Å². The Bertz CT molecular complexity index is 213. The maximum absolute atomic E-state index is 11.1. The molecule has 0 aliphatic rings. The molecule has 0 unspecified atom stereocenters. The predicted octanol–water partition coefficient (Wildman–Crippen LogP) is -0.113. The van der Waals surface area contributed by atoms with E-state index in [0.29, 0.717) is 0 Å². The Kier molecular flexibility index (Phi) is 4.62. The van der Waals surface area contributed by atoms with Crippen LogP contribution in [-0.2, 0) is 19.1 Å². The van der Waals surface area contributed by atoms with Gasteiger partial charge in [0.15, 0.2) is 9.53 Å². The zero-order valence-electron chi connectivity index (χ0n) is 7.54. The summed E-state index contributed by atoms with van der Waals surface area (Å²) in [5, 5.41) is 9.36. The fraction of sp³-hybridized carbons (Fsp3) is 0.714. The van der Waals surface area contributed by atoms with E-state index in [2.05, 4.69) is 9.47 Å². The molecule has 0 amide bonds. The van der Waals surface area contributed by atoms with Crippen molar-refractivity contribution in [3.8, 4) is 0 Å². The number of methoxy groups -OCH3 is 2. The summed E-state index contributed by atoms with van der Waals surface area (Å²) in [5.41, 5.74) is 0. The second-order valence-corrected chi connectivity index (χ2v) is 4.73. The van der Waals surface area contributed by atoms with Crippen LogP contribution in [0.15, 0.2) is 0 Å². The Hall–Kier alpha value is -0.370. The molecule has 0 rings (SSSR count). The van der Waals surface area contributed by atoms with Gasteiger partial charge in [0.05, 0.1) is 14.2 Å². The van der Waals surface area contributed by atoms with Gasteiger partial charge in [-0.2, -0.15) is 0 Å². The molecule has 0 aliphatic heterocycles. The van der Waals surface area contributed by atoms with E-state index in [-0.39, 0.29) is 0 Å². The first-order valence-electron chi connectivity index (χ1n) is 3.41. The van der Waals surface area contributed by atoms with Crippen molar-refractivity contribution >= 4 is 34.5 Å². The number of rotatable bonds is 3. The van der Waals surface area contributed by atoms with E-state index in [4.69, 9.17) is 0 Å². The second-order valence-electron chi connectivity index (χ2n) is 2.49. The number of ether oxygens (including phenoxy) is 2. The third kappa shape index (κ3) is 2.80. The standard InChI is InChI=1S/C7H11IO5/c1-7(8,6(11)13-3)4(9)5(10)12-2/h4,9H,1-3H3/t4-,7-/m1/s1. The van der Waals surface area contributed by atoms with E-state index < -0.39 is 21.5 Å². The molecular formula is C7H11IO5. The number of aliphatic hydroxyl groups excluding tert-OH is 1. The van der Waals surface area contributed by atoms with Crippen molar-refractivity contribution in [3.05, 3.63) is 0 Å². The van der Waals surface area contributed by atoms with Crippen molar-refractivity contribution in [2.75, 3.05) is 14.2 Å². The van der Waals surface area contributed by atoms with Crippen molar-refractivity contribution in [1.82, 2.24) is 0 Å². The number of carbonyl (C=O) groups is 2. The van der Waals surface area contributed by atoms with Gasteiger partial charge in [-0.05, 0) is 6.92 Å². The molecule has 1 N–H and O–H groups in total. The Morgan fingerprint density at radius 3 is 2.15 bits per heavy atom. The molecule has 76 valence electrons. The highest BCUT2D eigenvalue weighted by Crippen LogP contribution is 2.25. The average Bonchev–Trinajstić information content (AvgIpc) is 2.13. The maximum atomic E-state index is 11.1. The van der Waals surface area contributed by atoms with Gasteiger partial charge in [0.2, 0.25) is 0 Å². The number of alkyl halides is 1. The zero-order chi connectivity index (χ0) is 10.6. The van der Waals surface area contributed by atoms with Gasteiger partial charge < -0.3 is 14.6 Å². The fourth-order valence-electron chi connectivity index (χ4n) is 0.644. The first kappa shape index (κ1) is 12.6. The van der Waals surface area contributed by atoms with E-state index in [1.165, 1.54) is 14.0 Å². The fourth-order valence-corrected chi connectivity index (χ4v) is 1.12. The summed E-state index contributed by atoms with van der Waals surface area (Å²) in [6.07, 6.45) is -1.52. The lowest BCUT2D eigenvalue weighted by atomic mass is 10.1. The van der Waals surface area contributed by atoms with E-state index in [0.717, 1.165) is 7.11 Å². The number of esters is 2. The molecule has 0 aliphatic carbocycles. The Labute approximate surface area is 89.5 Å². The Morgan fingerprint density at radius 1 is 1.38 bits per heavy atom. The maximum Gasteiger partial charge on any atom is 0.336 e. The van der Waals surface area contributed by atoms with Gasteiger partial charge in [0.25, 0.3) is 0 Å². The van der Waals surface area contributed by atoms with Crippen LogP contribution < -0.4 is 0 Å². The summed E-state index contributed by atoms with van der Waals surface area (Å²) < 4.78 is 7.39. The monoisotopic (exact) mass is 302 g/mol. The van der Waals surface area contributed by atoms with Crippen LogP contribution in [0, 0.1) is 0 Å². The van der Waals surface area contributed by atoms with Gasteiger partial charge in [-0.3, -0.25) is 4.79 Å². The summed E-state index contributed by atoms with van der Waals surface area (Å²) in [6.45, 7) is 1.39. The highest BCUT2D eigenvalue weighted by atomic mass is 127. The zero-order valence-corrected chi connectivity index (χ0v) is 9.69. The Balaban J connectivity index is 4.62. The number of aliphatic hydroxyl groups is 1. The molecule has 0 aromatic carbocycles. The lowest BCUT2D eigenvalue weighted by molar-refractivity contribution is -0.159. The van der Waals surface area contributed by atoms with Gasteiger partial charge in [-0.1, -0.05) is 22.6 Å². The summed E-state index contributed by atoms with van der Waals surface area (Å²) in [4.78, 5) is 22.0. The summed E-state index contributed by atoms with van der Waals surface area (Å²) in [7, 11) is 2.32. The van der Waals surface area contributed by atoms with Crippen LogP contribution in [0.25, 0.3) is 0 Å². The molecular weight excluding hydrogens is 291 g/mol. The SMILES string of the molecule is COC(=O)[C@@H](O)[C@@](C)(I)C(=O)OC. The molecule has 0 radical (unpaired) electrons. The number of hydrogen-bond donors (Lipinski definition) is 1. The number of halogens is 1. The molecule has 0 saturated carbocycles. The quantitative estimate of drug-likeness (QED) is 0.447. The van der Waals surface area contributed by atoms with Crippen molar-refractivity contribution in [2.24, 2.45) is 0 Å². The van der Waals surface area contributed by atoms with Gasteiger partial charge in [0, 0.05) is 0 Å². The smallest absolute Gasteiger partial charge is 0.336 e. The second kappa shape index (κ2) is 4.75. The lowest BCUT2D eigenvalue weighted by Crippen LogP contribution is -2.46. The van der Waals surface area contributed by atoms with Gasteiger partial charge in [-0.15, -0.1) is 0 Å². The minimum atomic E-state index is -1.52. The highest BCUT2D eigenvalue weighted by molar-refractivity contribution is 14.1. The van der Waals surface area contributed by atoms with Crippen LogP contribution in [0.5, 0.6) is 0 Å². The van der Waals surface area contributed by atoms with Crippen molar-refractivity contribution in [1.29, 1.82) is 0 Å². The molecule has 0 bridgehead atoms. The van der Waals surface area contributed by atoms with Crippen LogP contribution in [-0.4, -0.2) is 40.8 Å². The molecule has 0 fully saturated rings. The van der Waals surface area contributed by atoms with Crippen LogP contribution in [0.4, 0.5) is 0 Å². The van der Waals surface area contributed by atoms with Gasteiger partial charge in [0.1, 0.15) is 0 Å². The average molecular weight is 302 g/mol. The first-order valence-corrected chi connectivity index (χ1v) is 4.49. The van der Waals surface area contributed by atoms with E-state index >= 15 is 0 Å². The predicted molar refractivity (Wildman–Crippen MR) is 52.5 cm³/mol. The normalized spacial score (nSPS) is 17.0. The minimum absolute atomic E-state index is 0.675. The van der Waals surface area contributed by atoms with Crippen LogP contribution in [0.1, 0.15) is 6.92 Å². The molecule has 0 heterocycles. The largest absolute Gasteiger partial charge is 0.468 e. The highest BCUT2D eigenvalue weighted by Gasteiger charge is 2.44. The molecule has 0 aromatic rings. The van der Waals surface area contributed by atoms with Crippen molar-refractivity contribution in [2.45, 2.75) is 16.4 Å². The molecule has 0 saturated heterocycles. The van der Waals surface area contributed by atoms with E-state index in [9.17, 15) is 14.7 Å². The van der Waals surface area contributed by atoms with Crippen LogP contribution in [0.3, 0.4) is 0 Å². The summed E-state index contributed by atoms with van der Waals surface area (Å²) in [6, 6.07) is 0. The van der Waals surface area contributed by atoms with Gasteiger partial charge in [-0.25, -0.2) is 4.79 Å². The molecule has 13 heavy (non-hydrogen) atoms. The first-order chi connectivity index (χ1) is 5.87. The Morgan fingerprint density at radius 2 is 1.85 bits per heavy atom. The molecule has 6 heteroatoms. The van der Waals surface area contributed by atoms with E-state index in [1.807, 2.05) is 0 Å².